The minimum atomic E-state index is 0.862. The van der Waals surface area contributed by atoms with Gasteiger partial charge >= 0.3 is 0 Å². The van der Waals surface area contributed by atoms with Gasteiger partial charge in [0.05, 0.1) is 6.20 Å². The molecule has 3 nitrogen and oxygen atoms in total. The summed E-state index contributed by atoms with van der Waals surface area (Å²) in [6, 6.07) is 0. The summed E-state index contributed by atoms with van der Waals surface area (Å²) < 4.78 is 0. The van der Waals surface area contributed by atoms with Crippen molar-refractivity contribution in [2.75, 3.05) is 11.9 Å². The number of unbranched alkanes of at least 4 members (excludes halogenated alkanes) is 1. The van der Waals surface area contributed by atoms with E-state index in [1.165, 1.54) is 12.8 Å². The zero-order valence-corrected chi connectivity index (χ0v) is 6.75. The topological polar surface area (TPSA) is 37.8 Å². The Morgan fingerprint density at radius 1 is 1.45 bits per heavy atom. The van der Waals surface area contributed by atoms with Crippen LogP contribution in [0.4, 0.5) is 5.82 Å². The first-order valence-electron chi connectivity index (χ1n) is 3.93. The smallest absolute Gasteiger partial charge is 0.144 e. The van der Waals surface area contributed by atoms with Crippen LogP contribution in [-0.2, 0) is 0 Å². The molecule has 0 aliphatic heterocycles. The highest BCUT2D eigenvalue weighted by molar-refractivity contribution is 5.29. The third kappa shape index (κ3) is 2.98. The Morgan fingerprint density at radius 3 is 3.00 bits per heavy atom. The lowest BCUT2D eigenvalue weighted by Gasteiger charge is -2.01. The highest BCUT2D eigenvalue weighted by Crippen LogP contribution is 1.97. The number of hydrogen-bond donors (Lipinski definition) is 1. The van der Waals surface area contributed by atoms with Gasteiger partial charge in [0.25, 0.3) is 0 Å². The number of nitrogens with zero attached hydrogens (tertiary/aromatic N) is 2. The molecule has 0 aliphatic rings. The summed E-state index contributed by atoms with van der Waals surface area (Å²) in [5.74, 6) is 0.862. The van der Waals surface area contributed by atoms with Crippen LogP contribution in [-0.4, -0.2) is 16.5 Å². The molecule has 0 amide bonds. The molecule has 0 unspecified atom stereocenters. The van der Waals surface area contributed by atoms with Gasteiger partial charge in [-0.3, -0.25) is 4.98 Å². The van der Waals surface area contributed by atoms with Crippen molar-refractivity contribution in [2.24, 2.45) is 0 Å². The number of aromatic nitrogens is 2. The molecule has 0 atom stereocenters. The molecule has 11 heavy (non-hydrogen) atoms. The fourth-order valence-electron chi connectivity index (χ4n) is 0.784. The molecular formula is C8H13N3. The lowest BCUT2D eigenvalue weighted by atomic mass is 10.3. The number of nitrogens with one attached hydrogen (secondary N) is 1. The van der Waals surface area contributed by atoms with Crippen molar-refractivity contribution in [3.63, 3.8) is 0 Å². The lowest BCUT2D eigenvalue weighted by molar-refractivity contribution is 0.830. The van der Waals surface area contributed by atoms with Gasteiger partial charge in [-0.15, -0.1) is 0 Å². The molecule has 1 N–H and O–H groups in total. The molecule has 1 aromatic rings. The molecule has 0 radical (unpaired) electrons. The largest absolute Gasteiger partial charge is 0.369 e. The fraction of sp³-hybridized carbons (Fsp3) is 0.500. The molecule has 0 aromatic carbocycles. The van der Waals surface area contributed by atoms with Crippen LogP contribution in [0.15, 0.2) is 18.6 Å². The molecule has 0 spiro atoms. The van der Waals surface area contributed by atoms with E-state index in [1.807, 2.05) is 0 Å². The Bertz CT molecular complexity index is 186. The Kier molecular flexibility index (Phi) is 3.38. The van der Waals surface area contributed by atoms with E-state index in [1.54, 1.807) is 18.6 Å². The minimum absolute atomic E-state index is 0.862. The van der Waals surface area contributed by atoms with Gasteiger partial charge in [0.2, 0.25) is 0 Å². The average Bonchev–Trinajstić information content (AvgIpc) is 2.07. The quantitative estimate of drug-likeness (QED) is 0.665. The average molecular weight is 151 g/mol. The van der Waals surface area contributed by atoms with Crippen LogP contribution in [0.2, 0.25) is 0 Å². The fourth-order valence-corrected chi connectivity index (χ4v) is 0.784. The summed E-state index contributed by atoms with van der Waals surface area (Å²) in [5.41, 5.74) is 0. The maximum Gasteiger partial charge on any atom is 0.144 e. The van der Waals surface area contributed by atoms with E-state index in [-0.39, 0.29) is 0 Å². The van der Waals surface area contributed by atoms with Crippen LogP contribution in [0.5, 0.6) is 0 Å². The van der Waals surface area contributed by atoms with Crippen LogP contribution in [0.25, 0.3) is 0 Å². The van der Waals surface area contributed by atoms with Crippen molar-refractivity contribution in [2.45, 2.75) is 19.8 Å². The van der Waals surface area contributed by atoms with Gasteiger partial charge in [-0.25, -0.2) is 4.98 Å². The van der Waals surface area contributed by atoms with Gasteiger partial charge in [0.1, 0.15) is 5.82 Å². The molecule has 1 aromatic heterocycles. The molecule has 1 heterocycles. The molecule has 0 saturated carbocycles. The normalized spacial score (nSPS) is 9.55. The second kappa shape index (κ2) is 4.66. The van der Waals surface area contributed by atoms with E-state index >= 15 is 0 Å². The van der Waals surface area contributed by atoms with Crippen LogP contribution >= 0.6 is 0 Å². The minimum Gasteiger partial charge on any atom is -0.369 e. The van der Waals surface area contributed by atoms with E-state index in [2.05, 4.69) is 22.2 Å². The highest BCUT2D eigenvalue weighted by atomic mass is 15.0. The maximum atomic E-state index is 4.08. The van der Waals surface area contributed by atoms with Crippen molar-refractivity contribution >= 4 is 5.82 Å². The van der Waals surface area contributed by atoms with Crippen molar-refractivity contribution in [1.29, 1.82) is 0 Å². The van der Waals surface area contributed by atoms with Gasteiger partial charge in [-0.05, 0) is 6.42 Å². The van der Waals surface area contributed by atoms with E-state index < -0.39 is 0 Å². The second-order valence-electron chi connectivity index (χ2n) is 2.37. The molecule has 0 fully saturated rings. The summed E-state index contributed by atoms with van der Waals surface area (Å²) >= 11 is 0. The van der Waals surface area contributed by atoms with Gasteiger partial charge in [-0.2, -0.15) is 0 Å². The Labute approximate surface area is 66.9 Å². The zero-order valence-electron chi connectivity index (χ0n) is 6.75. The Hall–Kier alpha value is -1.12. The van der Waals surface area contributed by atoms with E-state index in [0.717, 1.165) is 12.4 Å². The van der Waals surface area contributed by atoms with E-state index in [0.29, 0.717) is 0 Å². The molecule has 0 bridgehead atoms. The maximum absolute atomic E-state index is 4.08. The Balaban J connectivity index is 2.28. The predicted octanol–water partition coefficient (Wildman–Crippen LogP) is 1.69. The van der Waals surface area contributed by atoms with Gasteiger partial charge in [-0.1, -0.05) is 13.3 Å². The summed E-state index contributed by atoms with van der Waals surface area (Å²) in [4.78, 5) is 8.02. The number of hydrogen-bond acceptors (Lipinski definition) is 3. The van der Waals surface area contributed by atoms with Crippen LogP contribution in [0.1, 0.15) is 19.8 Å². The van der Waals surface area contributed by atoms with Crippen LogP contribution < -0.4 is 5.32 Å². The third-order valence-corrected chi connectivity index (χ3v) is 1.40. The molecule has 0 saturated heterocycles. The lowest BCUT2D eigenvalue weighted by Crippen LogP contribution is -2.02. The first kappa shape index (κ1) is 7.98. The zero-order chi connectivity index (χ0) is 7.94. The summed E-state index contributed by atoms with van der Waals surface area (Å²) in [5, 5.41) is 3.17. The van der Waals surface area contributed by atoms with Crippen molar-refractivity contribution in [3.8, 4) is 0 Å². The standard InChI is InChI=1S/C8H13N3/c1-2-3-4-10-8-7-9-5-6-11-8/h5-7H,2-4H2,1H3,(H,10,11). The highest BCUT2D eigenvalue weighted by Gasteiger charge is 1.88. The van der Waals surface area contributed by atoms with E-state index in [4.69, 9.17) is 0 Å². The second-order valence-corrected chi connectivity index (χ2v) is 2.37. The SMILES string of the molecule is CCCCNc1cnccn1. The van der Waals surface area contributed by atoms with Crippen LogP contribution in [0, 0.1) is 0 Å². The number of rotatable bonds is 4. The molecular weight excluding hydrogens is 138 g/mol. The Morgan fingerprint density at radius 2 is 2.36 bits per heavy atom. The monoisotopic (exact) mass is 151 g/mol. The van der Waals surface area contributed by atoms with Gasteiger partial charge in [0.15, 0.2) is 0 Å². The van der Waals surface area contributed by atoms with E-state index in [9.17, 15) is 0 Å². The first-order valence-corrected chi connectivity index (χ1v) is 3.93. The van der Waals surface area contributed by atoms with Gasteiger partial charge < -0.3 is 5.32 Å². The molecule has 3 heteroatoms. The van der Waals surface area contributed by atoms with Crippen molar-refractivity contribution in [3.05, 3.63) is 18.6 Å². The molecule has 0 aliphatic carbocycles. The molecule has 60 valence electrons. The first-order chi connectivity index (χ1) is 5.43. The number of anilines is 1. The van der Waals surface area contributed by atoms with Crippen LogP contribution in [0.3, 0.4) is 0 Å². The third-order valence-electron chi connectivity index (χ3n) is 1.40. The molecule has 1 rings (SSSR count). The van der Waals surface area contributed by atoms with Gasteiger partial charge in [0, 0.05) is 18.9 Å². The summed E-state index contributed by atoms with van der Waals surface area (Å²) in [7, 11) is 0. The van der Waals surface area contributed by atoms with Crippen molar-refractivity contribution in [1.82, 2.24) is 9.97 Å². The summed E-state index contributed by atoms with van der Waals surface area (Å²) in [6.45, 7) is 3.15. The van der Waals surface area contributed by atoms with Crippen molar-refractivity contribution < 1.29 is 0 Å². The predicted molar refractivity (Wildman–Crippen MR) is 45.4 cm³/mol. The summed E-state index contributed by atoms with van der Waals surface area (Å²) in [6.07, 6.45) is 7.47.